The topological polar surface area (TPSA) is 29.1 Å². The lowest BCUT2D eigenvalue weighted by Gasteiger charge is -2.25. The molecule has 0 atom stereocenters. The molecule has 1 amide bonds. The normalized spacial score (nSPS) is 11.6. The summed E-state index contributed by atoms with van der Waals surface area (Å²) in [5.41, 5.74) is 1.23. The van der Waals surface area contributed by atoms with Crippen LogP contribution < -0.4 is 5.32 Å². The molecule has 1 aromatic rings. The maximum atomic E-state index is 11.6. The predicted molar refractivity (Wildman–Crippen MR) is 71.9 cm³/mol. The second-order valence-corrected chi connectivity index (χ2v) is 5.62. The number of amides is 1. The summed E-state index contributed by atoms with van der Waals surface area (Å²) in [6.45, 7) is 9.10. The Kier molecular flexibility index (Phi) is 4.73. The predicted octanol–water partition coefficient (Wildman–Crippen LogP) is 3.13. The van der Waals surface area contributed by atoms with E-state index < -0.39 is 0 Å². The zero-order valence-electron chi connectivity index (χ0n) is 11.3. The fraction of sp³-hybridized carbons (Fsp3) is 0.533. The quantitative estimate of drug-likeness (QED) is 0.831. The molecule has 0 heterocycles. The van der Waals surface area contributed by atoms with Gasteiger partial charge in [0, 0.05) is 18.4 Å². The number of hydrogen-bond donors (Lipinski definition) is 1. The first kappa shape index (κ1) is 13.8. The van der Waals surface area contributed by atoms with Gasteiger partial charge in [-0.15, -0.1) is 0 Å². The molecule has 0 aliphatic rings. The standard InChI is InChI=1S/C15H23NO/c1-12(2)10-14(17)16-11-15(3,4)13-8-6-5-7-9-13/h5-9,12H,10-11H2,1-4H3,(H,16,17). The first-order valence-corrected chi connectivity index (χ1v) is 6.24. The highest BCUT2D eigenvalue weighted by atomic mass is 16.1. The first-order chi connectivity index (χ1) is 7.92. The average molecular weight is 233 g/mol. The van der Waals surface area contributed by atoms with Crippen LogP contribution in [-0.4, -0.2) is 12.5 Å². The minimum Gasteiger partial charge on any atom is -0.355 e. The Morgan fingerprint density at radius 1 is 1.24 bits per heavy atom. The Balaban J connectivity index is 2.53. The van der Waals surface area contributed by atoms with Gasteiger partial charge in [0.25, 0.3) is 0 Å². The Labute approximate surface area is 104 Å². The number of carbonyl (C=O) groups is 1. The second-order valence-electron chi connectivity index (χ2n) is 5.62. The molecule has 0 unspecified atom stereocenters. The molecular formula is C15H23NO. The monoisotopic (exact) mass is 233 g/mol. The Bertz CT molecular complexity index is 354. The Morgan fingerprint density at radius 3 is 2.35 bits per heavy atom. The van der Waals surface area contributed by atoms with Gasteiger partial charge in [-0.1, -0.05) is 58.0 Å². The summed E-state index contributed by atoms with van der Waals surface area (Å²) in [5.74, 6) is 0.554. The van der Waals surface area contributed by atoms with Crippen molar-refractivity contribution in [3.05, 3.63) is 35.9 Å². The smallest absolute Gasteiger partial charge is 0.220 e. The molecule has 17 heavy (non-hydrogen) atoms. The van der Waals surface area contributed by atoms with Gasteiger partial charge in [0.05, 0.1) is 0 Å². The summed E-state index contributed by atoms with van der Waals surface area (Å²) in [4.78, 5) is 11.6. The van der Waals surface area contributed by atoms with E-state index in [1.165, 1.54) is 5.56 Å². The highest BCUT2D eigenvalue weighted by molar-refractivity contribution is 5.76. The lowest BCUT2D eigenvalue weighted by atomic mass is 9.84. The molecule has 0 aromatic heterocycles. The van der Waals surface area contributed by atoms with Crippen molar-refractivity contribution in [3.63, 3.8) is 0 Å². The van der Waals surface area contributed by atoms with E-state index in [2.05, 4.69) is 45.1 Å². The van der Waals surface area contributed by atoms with Crippen LogP contribution in [0.5, 0.6) is 0 Å². The summed E-state index contributed by atoms with van der Waals surface area (Å²) >= 11 is 0. The molecule has 0 bridgehead atoms. The van der Waals surface area contributed by atoms with E-state index in [1.54, 1.807) is 0 Å². The molecule has 0 aliphatic carbocycles. The molecule has 1 N–H and O–H groups in total. The molecule has 1 rings (SSSR count). The summed E-state index contributed by atoms with van der Waals surface area (Å²) in [7, 11) is 0. The SMILES string of the molecule is CC(C)CC(=O)NCC(C)(C)c1ccccc1. The van der Waals surface area contributed by atoms with E-state index in [1.807, 2.05) is 18.2 Å². The number of benzene rings is 1. The van der Waals surface area contributed by atoms with Gasteiger partial charge in [-0.25, -0.2) is 0 Å². The van der Waals surface area contributed by atoms with Crippen LogP contribution >= 0.6 is 0 Å². The van der Waals surface area contributed by atoms with Crippen LogP contribution in [0.4, 0.5) is 0 Å². The molecular weight excluding hydrogens is 210 g/mol. The fourth-order valence-electron chi connectivity index (χ4n) is 1.75. The number of hydrogen-bond acceptors (Lipinski definition) is 1. The molecule has 94 valence electrons. The lowest BCUT2D eigenvalue weighted by molar-refractivity contribution is -0.122. The van der Waals surface area contributed by atoms with Gasteiger partial charge in [-0.3, -0.25) is 4.79 Å². The molecule has 1 aromatic carbocycles. The minimum atomic E-state index is -0.0199. The van der Waals surface area contributed by atoms with E-state index in [9.17, 15) is 4.79 Å². The van der Waals surface area contributed by atoms with E-state index in [0.29, 0.717) is 18.9 Å². The number of carbonyl (C=O) groups excluding carboxylic acids is 1. The Hall–Kier alpha value is -1.31. The van der Waals surface area contributed by atoms with Crippen LogP contribution in [0.15, 0.2) is 30.3 Å². The van der Waals surface area contributed by atoms with Crippen LogP contribution in [0.3, 0.4) is 0 Å². The van der Waals surface area contributed by atoms with E-state index >= 15 is 0 Å². The van der Waals surface area contributed by atoms with Gasteiger partial charge in [0.2, 0.25) is 5.91 Å². The van der Waals surface area contributed by atoms with E-state index in [-0.39, 0.29) is 11.3 Å². The van der Waals surface area contributed by atoms with Crippen molar-refractivity contribution in [1.82, 2.24) is 5.32 Å². The van der Waals surface area contributed by atoms with Crippen molar-refractivity contribution in [1.29, 1.82) is 0 Å². The van der Waals surface area contributed by atoms with Gasteiger partial charge >= 0.3 is 0 Å². The summed E-state index contributed by atoms with van der Waals surface area (Å²) in [6.07, 6.45) is 0.602. The fourth-order valence-corrected chi connectivity index (χ4v) is 1.75. The van der Waals surface area contributed by atoms with Gasteiger partial charge in [-0.2, -0.15) is 0 Å². The second kappa shape index (κ2) is 5.85. The van der Waals surface area contributed by atoms with Crippen molar-refractivity contribution < 1.29 is 4.79 Å². The molecule has 0 aliphatic heterocycles. The number of rotatable bonds is 5. The summed E-state index contributed by atoms with van der Waals surface area (Å²) < 4.78 is 0. The zero-order chi connectivity index (χ0) is 12.9. The van der Waals surface area contributed by atoms with Crippen molar-refractivity contribution in [3.8, 4) is 0 Å². The van der Waals surface area contributed by atoms with E-state index in [4.69, 9.17) is 0 Å². The van der Waals surface area contributed by atoms with Crippen molar-refractivity contribution in [2.45, 2.75) is 39.5 Å². The molecule has 0 saturated heterocycles. The van der Waals surface area contributed by atoms with Crippen LogP contribution in [0, 0.1) is 5.92 Å². The van der Waals surface area contributed by atoms with Gasteiger partial charge in [0.1, 0.15) is 0 Å². The zero-order valence-corrected chi connectivity index (χ0v) is 11.3. The van der Waals surface area contributed by atoms with Crippen LogP contribution in [0.1, 0.15) is 39.7 Å². The van der Waals surface area contributed by atoms with E-state index in [0.717, 1.165) is 0 Å². The van der Waals surface area contributed by atoms with Crippen molar-refractivity contribution >= 4 is 5.91 Å². The average Bonchev–Trinajstić information content (AvgIpc) is 2.27. The largest absolute Gasteiger partial charge is 0.355 e. The third-order valence-corrected chi connectivity index (χ3v) is 2.88. The summed E-state index contributed by atoms with van der Waals surface area (Å²) in [5, 5.41) is 3.01. The van der Waals surface area contributed by atoms with Crippen LogP contribution in [0.2, 0.25) is 0 Å². The molecule has 0 radical (unpaired) electrons. The molecule has 2 heteroatoms. The maximum Gasteiger partial charge on any atom is 0.220 e. The van der Waals surface area contributed by atoms with Gasteiger partial charge < -0.3 is 5.32 Å². The molecule has 0 saturated carbocycles. The molecule has 0 spiro atoms. The van der Waals surface area contributed by atoms with Crippen molar-refractivity contribution in [2.75, 3.05) is 6.54 Å². The molecule has 0 fully saturated rings. The molecule has 2 nitrogen and oxygen atoms in total. The first-order valence-electron chi connectivity index (χ1n) is 6.24. The lowest BCUT2D eigenvalue weighted by Crippen LogP contribution is -2.37. The third kappa shape index (κ3) is 4.59. The van der Waals surface area contributed by atoms with Gasteiger partial charge in [0.15, 0.2) is 0 Å². The van der Waals surface area contributed by atoms with Crippen molar-refractivity contribution in [2.24, 2.45) is 5.92 Å². The van der Waals surface area contributed by atoms with Gasteiger partial charge in [-0.05, 0) is 11.5 Å². The van der Waals surface area contributed by atoms with Crippen LogP contribution in [0.25, 0.3) is 0 Å². The highest BCUT2D eigenvalue weighted by Crippen LogP contribution is 2.21. The summed E-state index contributed by atoms with van der Waals surface area (Å²) in [6, 6.07) is 10.3. The highest BCUT2D eigenvalue weighted by Gasteiger charge is 2.20. The third-order valence-electron chi connectivity index (χ3n) is 2.88. The maximum absolute atomic E-state index is 11.6. The Morgan fingerprint density at radius 2 is 1.82 bits per heavy atom. The van der Waals surface area contributed by atoms with Crippen LogP contribution in [-0.2, 0) is 10.2 Å². The number of nitrogens with one attached hydrogen (secondary N) is 1. The minimum absolute atomic E-state index is 0.0199.